The van der Waals surface area contributed by atoms with Gasteiger partial charge in [0.25, 0.3) is 0 Å². The summed E-state index contributed by atoms with van der Waals surface area (Å²) in [7, 11) is -1.89. The molecule has 0 spiro atoms. The quantitative estimate of drug-likeness (QED) is 0.505. The number of benzene rings is 2. The van der Waals surface area contributed by atoms with Gasteiger partial charge < -0.3 is 5.32 Å². The standard InChI is InChI=1S/C20H20N6O3S2/c1-25-18-4-3-15(11-16(18)23-24-25)31(28,29)26-8-6-13(7-9-26)20(27)22-14-2-5-19-17(10-14)21-12-30-19/h2-5,10-13H,6-9H2,1H3,(H,22,27). The summed E-state index contributed by atoms with van der Waals surface area (Å²) >= 11 is 1.55. The monoisotopic (exact) mass is 456 g/mol. The van der Waals surface area contributed by atoms with E-state index < -0.39 is 10.0 Å². The number of hydrogen-bond donors (Lipinski definition) is 1. The zero-order valence-electron chi connectivity index (χ0n) is 16.7. The third-order valence-electron chi connectivity index (χ3n) is 5.64. The number of piperidine rings is 1. The molecule has 160 valence electrons. The first kappa shape index (κ1) is 20.0. The topological polar surface area (TPSA) is 110 Å². The second-order valence-corrected chi connectivity index (χ2v) is 10.4. The third kappa shape index (κ3) is 3.68. The summed E-state index contributed by atoms with van der Waals surface area (Å²) in [6.07, 6.45) is 0.939. The molecule has 4 aromatic rings. The van der Waals surface area contributed by atoms with Gasteiger partial charge in [-0.3, -0.25) is 4.79 Å². The van der Waals surface area contributed by atoms with Crippen LogP contribution in [0, 0.1) is 5.92 Å². The highest BCUT2D eigenvalue weighted by Crippen LogP contribution is 2.27. The molecule has 1 aliphatic rings. The van der Waals surface area contributed by atoms with E-state index in [1.807, 2.05) is 18.2 Å². The average Bonchev–Trinajstić information content (AvgIpc) is 3.39. The average molecular weight is 457 g/mol. The molecule has 0 radical (unpaired) electrons. The third-order valence-corrected chi connectivity index (χ3v) is 8.35. The molecule has 2 aromatic heterocycles. The molecule has 11 heteroatoms. The molecule has 1 amide bonds. The number of aryl methyl sites for hydroxylation is 1. The lowest BCUT2D eigenvalue weighted by atomic mass is 9.97. The van der Waals surface area contributed by atoms with Crippen molar-refractivity contribution in [1.29, 1.82) is 0 Å². The predicted octanol–water partition coefficient (Wildman–Crippen LogP) is 2.62. The Morgan fingerprint density at radius 1 is 1.13 bits per heavy atom. The number of nitrogens with one attached hydrogen (secondary N) is 1. The van der Waals surface area contributed by atoms with Gasteiger partial charge in [-0.05, 0) is 49.2 Å². The summed E-state index contributed by atoms with van der Waals surface area (Å²) in [6.45, 7) is 0.591. The van der Waals surface area contributed by atoms with Crippen molar-refractivity contribution in [3.05, 3.63) is 41.9 Å². The van der Waals surface area contributed by atoms with Crippen LogP contribution in [0.15, 0.2) is 46.8 Å². The van der Waals surface area contributed by atoms with Crippen LogP contribution in [0.4, 0.5) is 5.69 Å². The number of amides is 1. The van der Waals surface area contributed by atoms with Crippen molar-refractivity contribution in [2.75, 3.05) is 18.4 Å². The Hall–Kier alpha value is -2.89. The molecule has 0 unspecified atom stereocenters. The van der Waals surface area contributed by atoms with Gasteiger partial charge >= 0.3 is 0 Å². The van der Waals surface area contributed by atoms with Crippen LogP contribution in [0.25, 0.3) is 21.3 Å². The molecule has 1 N–H and O–H groups in total. The Morgan fingerprint density at radius 2 is 1.94 bits per heavy atom. The van der Waals surface area contributed by atoms with Crippen molar-refractivity contribution >= 4 is 54.2 Å². The number of sulfonamides is 1. The Morgan fingerprint density at radius 3 is 2.74 bits per heavy atom. The SMILES string of the molecule is Cn1nnc2cc(S(=O)(=O)N3CCC(C(=O)Nc4ccc5scnc5c4)CC3)ccc21. The van der Waals surface area contributed by atoms with Gasteiger partial charge in [0.15, 0.2) is 0 Å². The second kappa shape index (κ2) is 7.66. The van der Waals surface area contributed by atoms with E-state index in [0.29, 0.717) is 37.1 Å². The fourth-order valence-electron chi connectivity index (χ4n) is 3.87. The summed E-state index contributed by atoms with van der Waals surface area (Å²) < 4.78 is 30.2. The molecule has 2 aromatic carbocycles. The van der Waals surface area contributed by atoms with E-state index in [0.717, 1.165) is 15.7 Å². The van der Waals surface area contributed by atoms with Crippen molar-refractivity contribution in [2.45, 2.75) is 17.7 Å². The lowest BCUT2D eigenvalue weighted by Gasteiger charge is -2.30. The Labute approximate surface area is 182 Å². The van der Waals surface area contributed by atoms with E-state index >= 15 is 0 Å². The first-order chi connectivity index (χ1) is 14.9. The van der Waals surface area contributed by atoms with E-state index in [1.54, 1.807) is 46.8 Å². The zero-order valence-corrected chi connectivity index (χ0v) is 18.4. The Bertz CT molecular complexity index is 1390. The van der Waals surface area contributed by atoms with E-state index in [1.165, 1.54) is 4.31 Å². The minimum Gasteiger partial charge on any atom is -0.326 e. The molecule has 5 rings (SSSR count). The molecule has 1 aliphatic heterocycles. The van der Waals surface area contributed by atoms with E-state index in [-0.39, 0.29) is 16.7 Å². The molecule has 3 heterocycles. The molecule has 9 nitrogen and oxygen atoms in total. The second-order valence-electron chi connectivity index (χ2n) is 7.57. The summed E-state index contributed by atoms with van der Waals surface area (Å²) in [5.41, 5.74) is 4.63. The minimum atomic E-state index is -3.65. The predicted molar refractivity (Wildman–Crippen MR) is 118 cm³/mol. The van der Waals surface area contributed by atoms with Gasteiger partial charge in [-0.15, -0.1) is 16.4 Å². The van der Waals surface area contributed by atoms with E-state index in [2.05, 4.69) is 20.6 Å². The smallest absolute Gasteiger partial charge is 0.243 e. The molecule has 0 saturated carbocycles. The number of nitrogens with zero attached hydrogens (tertiary/aromatic N) is 5. The fourth-order valence-corrected chi connectivity index (χ4v) is 6.02. The van der Waals surface area contributed by atoms with Crippen LogP contribution in [0.1, 0.15) is 12.8 Å². The number of carbonyl (C=O) groups excluding carboxylic acids is 1. The first-order valence-corrected chi connectivity index (χ1v) is 12.2. The molecular weight excluding hydrogens is 436 g/mol. The maximum atomic E-state index is 13.1. The molecule has 1 fully saturated rings. The largest absolute Gasteiger partial charge is 0.326 e. The number of rotatable bonds is 4. The number of aromatic nitrogens is 4. The van der Waals surface area contributed by atoms with Crippen molar-refractivity contribution in [1.82, 2.24) is 24.3 Å². The first-order valence-electron chi connectivity index (χ1n) is 9.85. The van der Waals surface area contributed by atoms with Crippen LogP contribution >= 0.6 is 11.3 Å². The van der Waals surface area contributed by atoms with Crippen LogP contribution in [0.3, 0.4) is 0 Å². The van der Waals surface area contributed by atoms with Crippen molar-refractivity contribution in [3.63, 3.8) is 0 Å². The molecule has 31 heavy (non-hydrogen) atoms. The normalized spacial score (nSPS) is 16.2. The minimum absolute atomic E-state index is 0.0902. The number of hydrogen-bond acceptors (Lipinski definition) is 7. The van der Waals surface area contributed by atoms with Crippen LogP contribution < -0.4 is 5.32 Å². The number of thiazole rings is 1. The van der Waals surface area contributed by atoms with Gasteiger partial charge in [0, 0.05) is 31.7 Å². The number of anilines is 1. The van der Waals surface area contributed by atoms with E-state index in [9.17, 15) is 13.2 Å². The van der Waals surface area contributed by atoms with Crippen LogP contribution in [-0.2, 0) is 21.9 Å². The number of carbonyl (C=O) groups is 1. The highest BCUT2D eigenvalue weighted by Gasteiger charge is 2.32. The van der Waals surface area contributed by atoms with Gasteiger partial charge in [-0.1, -0.05) is 5.21 Å². The maximum absolute atomic E-state index is 13.1. The lowest BCUT2D eigenvalue weighted by molar-refractivity contribution is -0.120. The van der Waals surface area contributed by atoms with Gasteiger partial charge in [-0.25, -0.2) is 18.1 Å². The van der Waals surface area contributed by atoms with Crippen LogP contribution in [0.5, 0.6) is 0 Å². The molecule has 0 aliphatic carbocycles. The summed E-state index contributed by atoms with van der Waals surface area (Å²) in [6, 6.07) is 10.5. The van der Waals surface area contributed by atoms with Gasteiger partial charge in [0.05, 0.1) is 26.1 Å². The van der Waals surface area contributed by atoms with Crippen LogP contribution in [0.2, 0.25) is 0 Å². The lowest BCUT2D eigenvalue weighted by Crippen LogP contribution is -2.41. The summed E-state index contributed by atoms with van der Waals surface area (Å²) in [5, 5.41) is 10.9. The highest BCUT2D eigenvalue weighted by atomic mass is 32.2. The zero-order chi connectivity index (χ0) is 21.6. The van der Waals surface area contributed by atoms with Crippen molar-refractivity contribution in [3.8, 4) is 0 Å². The number of fused-ring (bicyclic) bond motifs is 2. The van der Waals surface area contributed by atoms with Gasteiger partial charge in [0.1, 0.15) is 5.52 Å². The van der Waals surface area contributed by atoms with Gasteiger partial charge in [-0.2, -0.15) is 4.31 Å². The van der Waals surface area contributed by atoms with Crippen LogP contribution in [-0.4, -0.2) is 51.7 Å². The molecule has 0 bridgehead atoms. The molecule has 0 atom stereocenters. The Kier molecular flexibility index (Phi) is 4.95. The fraction of sp³-hybridized carbons (Fsp3) is 0.300. The highest BCUT2D eigenvalue weighted by molar-refractivity contribution is 7.89. The summed E-state index contributed by atoms with van der Waals surface area (Å²) in [5.74, 6) is -0.326. The summed E-state index contributed by atoms with van der Waals surface area (Å²) in [4.78, 5) is 17.2. The maximum Gasteiger partial charge on any atom is 0.243 e. The van der Waals surface area contributed by atoms with E-state index in [4.69, 9.17) is 0 Å². The van der Waals surface area contributed by atoms with Crippen molar-refractivity contribution < 1.29 is 13.2 Å². The van der Waals surface area contributed by atoms with Gasteiger partial charge in [0.2, 0.25) is 15.9 Å². The molecule has 1 saturated heterocycles. The Balaban J connectivity index is 1.25. The van der Waals surface area contributed by atoms with Crippen molar-refractivity contribution in [2.24, 2.45) is 13.0 Å². The molecular formula is C20H20N6O3S2.